The average Bonchev–Trinajstić information content (AvgIpc) is 2.59. The highest BCUT2D eigenvalue weighted by Crippen LogP contribution is 1.87. The Bertz CT molecular complexity index is 209. The van der Waals surface area contributed by atoms with Crippen LogP contribution in [0.5, 0.6) is 0 Å². The number of hydrogen-bond donors (Lipinski definition) is 1. The lowest BCUT2D eigenvalue weighted by molar-refractivity contribution is -0.136. The van der Waals surface area contributed by atoms with Crippen LogP contribution in [0, 0.1) is 0 Å². The van der Waals surface area contributed by atoms with Gasteiger partial charge in [-0.3, -0.25) is 0 Å². The number of aromatic nitrogens is 1. The van der Waals surface area contributed by atoms with Gasteiger partial charge in [0, 0.05) is 18.0 Å². The highest BCUT2D eigenvalue weighted by Gasteiger charge is 1.95. The molecule has 1 N–H and O–H groups in total. The maximum absolute atomic E-state index is 10.2. The van der Waals surface area contributed by atoms with Crippen LogP contribution in [0.25, 0.3) is 0 Å². The van der Waals surface area contributed by atoms with Gasteiger partial charge in [-0.15, -0.1) is 0 Å². The molecule has 12 heavy (non-hydrogen) atoms. The molecule has 0 bridgehead atoms. The Morgan fingerprint density at radius 3 is 2.00 bits per heavy atom. The zero-order chi connectivity index (χ0) is 9.40. The first kappa shape index (κ1) is 10.5. The molecule has 0 unspecified atom stereocenters. The summed E-state index contributed by atoms with van der Waals surface area (Å²) in [5.41, 5.74) is 0.433. The summed E-state index contributed by atoms with van der Waals surface area (Å²) in [6.07, 6.45) is 3.75. The molecule has 0 spiro atoms. The Morgan fingerprint density at radius 2 is 1.92 bits per heavy atom. The number of nitrogens with one attached hydrogen (secondary N) is 1. The Kier molecular flexibility index (Phi) is 5.43. The van der Waals surface area contributed by atoms with Crippen molar-refractivity contribution < 1.29 is 9.53 Å². The van der Waals surface area contributed by atoms with E-state index in [1.54, 1.807) is 6.92 Å². The maximum Gasteiger partial charge on any atom is 0.332 e. The molecule has 1 rings (SSSR count). The van der Waals surface area contributed by atoms with E-state index in [9.17, 15) is 4.79 Å². The lowest BCUT2D eigenvalue weighted by Gasteiger charge is -1.91. The molecule has 0 aliphatic heterocycles. The second-order valence-electron chi connectivity index (χ2n) is 2.16. The topological polar surface area (TPSA) is 42.1 Å². The number of hydrogen-bond acceptors (Lipinski definition) is 2. The predicted molar refractivity (Wildman–Crippen MR) is 47.6 cm³/mol. The smallest absolute Gasteiger partial charge is 0.332 e. The van der Waals surface area contributed by atoms with Crippen molar-refractivity contribution in [3.05, 3.63) is 36.7 Å². The number of carbonyl (C=O) groups excluding carboxylic acids is 1. The van der Waals surface area contributed by atoms with Gasteiger partial charge in [0.05, 0.1) is 7.11 Å². The molecule has 1 aromatic rings. The monoisotopic (exact) mass is 167 g/mol. The summed E-state index contributed by atoms with van der Waals surface area (Å²) >= 11 is 0. The van der Waals surface area contributed by atoms with E-state index in [1.165, 1.54) is 7.11 Å². The Balaban J connectivity index is 0.000000211. The SMILES string of the molecule is C=C(C)C(=O)OC.c1cc[nH]c1. The molecule has 3 nitrogen and oxygen atoms in total. The fourth-order valence-electron chi connectivity index (χ4n) is 0.452. The molecule has 0 amide bonds. The van der Waals surface area contributed by atoms with Crippen molar-refractivity contribution in [1.29, 1.82) is 0 Å². The second-order valence-corrected chi connectivity index (χ2v) is 2.16. The van der Waals surface area contributed by atoms with Crippen molar-refractivity contribution in [3.8, 4) is 0 Å². The van der Waals surface area contributed by atoms with Gasteiger partial charge >= 0.3 is 5.97 Å². The lowest BCUT2D eigenvalue weighted by Crippen LogP contribution is -1.98. The molecule has 0 aromatic carbocycles. The van der Waals surface area contributed by atoms with Crippen LogP contribution in [0.1, 0.15) is 6.92 Å². The molecule has 0 saturated heterocycles. The minimum atomic E-state index is -0.347. The zero-order valence-corrected chi connectivity index (χ0v) is 7.33. The summed E-state index contributed by atoms with van der Waals surface area (Å²) in [6, 6.07) is 3.89. The first-order valence-electron chi connectivity index (χ1n) is 3.50. The third kappa shape index (κ3) is 5.29. The van der Waals surface area contributed by atoms with E-state index >= 15 is 0 Å². The second kappa shape index (κ2) is 6.22. The van der Waals surface area contributed by atoms with Crippen LogP contribution in [-0.4, -0.2) is 18.1 Å². The molecule has 3 heteroatoms. The minimum Gasteiger partial charge on any atom is -0.466 e. The summed E-state index contributed by atoms with van der Waals surface area (Å²) in [6.45, 7) is 4.95. The number of methoxy groups -OCH3 is 1. The normalized spacial score (nSPS) is 7.83. The first-order chi connectivity index (χ1) is 5.68. The van der Waals surface area contributed by atoms with Crippen LogP contribution in [0.15, 0.2) is 36.7 Å². The van der Waals surface area contributed by atoms with Crippen molar-refractivity contribution in [1.82, 2.24) is 4.98 Å². The van der Waals surface area contributed by atoms with Gasteiger partial charge in [-0.05, 0) is 19.1 Å². The molecular weight excluding hydrogens is 154 g/mol. The summed E-state index contributed by atoms with van der Waals surface area (Å²) in [7, 11) is 1.33. The Morgan fingerprint density at radius 1 is 1.42 bits per heavy atom. The van der Waals surface area contributed by atoms with E-state index in [0.29, 0.717) is 5.57 Å². The van der Waals surface area contributed by atoms with Crippen LogP contribution in [0.2, 0.25) is 0 Å². The number of aromatic amines is 1. The van der Waals surface area contributed by atoms with Gasteiger partial charge in [-0.1, -0.05) is 6.58 Å². The van der Waals surface area contributed by atoms with Gasteiger partial charge in [0.15, 0.2) is 0 Å². The van der Waals surface area contributed by atoms with Gasteiger partial charge in [0.1, 0.15) is 0 Å². The molecule has 0 aliphatic rings. The van der Waals surface area contributed by atoms with Crippen molar-refractivity contribution in [2.45, 2.75) is 6.92 Å². The predicted octanol–water partition coefficient (Wildman–Crippen LogP) is 1.75. The van der Waals surface area contributed by atoms with Crippen LogP contribution < -0.4 is 0 Å². The van der Waals surface area contributed by atoms with Gasteiger partial charge in [0.2, 0.25) is 0 Å². The van der Waals surface area contributed by atoms with Crippen molar-refractivity contribution in [2.75, 3.05) is 7.11 Å². The molecule has 1 aromatic heterocycles. The highest BCUT2D eigenvalue weighted by atomic mass is 16.5. The summed E-state index contributed by atoms with van der Waals surface area (Å²) in [5.74, 6) is -0.347. The molecule has 66 valence electrons. The number of H-pyrrole nitrogens is 1. The fourth-order valence-corrected chi connectivity index (χ4v) is 0.452. The average molecular weight is 167 g/mol. The van der Waals surface area contributed by atoms with Crippen LogP contribution in [0.4, 0.5) is 0 Å². The molecule has 0 saturated carbocycles. The van der Waals surface area contributed by atoms with E-state index in [4.69, 9.17) is 0 Å². The quantitative estimate of drug-likeness (QED) is 0.511. The van der Waals surface area contributed by atoms with Gasteiger partial charge < -0.3 is 9.72 Å². The summed E-state index contributed by atoms with van der Waals surface area (Å²) in [5, 5.41) is 0. The molecule has 1 heterocycles. The van der Waals surface area contributed by atoms with Crippen molar-refractivity contribution in [2.24, 2.45) is 0 Å². The van der Waals surface area contributed by atoms with Crippen molar-refractivity contribution in [3.63, 3.8) is 0 Å². The molecule has 0 radical (unpaired) electrons. The van der Waals surface area contributed by atoms with Gasteiger partial charge in [0.25, 0.3) is 0 Å². The molecule has 0 atom stereocenters. The number of carbonyl (C=O) groups is 1. The number of ether oxygens (including phenoxy) is 1. The molecular formula is C9H13NO2. The highest BCUT2D eigenvalue weighted by molar-refractivity contribution is 5.86. The third-order valence-electron chi connectivity index (χ3n) is 1.03. The van der Waals surface area contributed by atoms with E-state index in [2.05, 4.69) is 16.3 Å². The molecule has 0 fully saturated rings. The third-order valence-corrected chi connectivity index (χ3v) is 1.03. The van der Waals surface area contributed by atoms with Crippen molar-refractivity contribution >= 4 is 5.97 Å². The summed E-state index contributed by atoms with van der Waals surface area (Å²) < 4.78 is 4.27. The zero-order valence-electron chi connectivity index (χ0n) is 7.33. The van der Waals surface area contributed by atoms with Crippen LogP contribution in [0.3, 0.4) is 0 Å². The number of rotatable bonds is 1. The Hall–Kier alpha value is -1.51. The summed E-state index contributed by atoms with van der Waals surface area (Å²) in [4.78, 5) is 13.1. The van der Waals surface area contributed by atoms with E-state index in [0.717, 1.165) is 0 Å². The van der Waals surface area contributed by atoms with Crippen LogP contribution in [-0.2, 0) is 9.53 Å². The van der Waals surface area contributed by atoms with E-state index in [1.807, 2.05) is 24.5 Å². The number of esters is 1. The largest absolute Gasteiger partial charge is 0.466 e. The fraction of sp³-hybridized carbons (Fsp3) is 0.222. The minimum absolute atomic E-state index is 0.347. The molecule has 0 aliphatic carbocycles. The van der Waals surface area contributed by atoms with Crippen LogP contribution >= 0.6 is 0 Å². The van der Waals surface area contributed by atoms with Gasteiger partial charge in [-0.25, -0.2) is 4.79 Å². The standard InChI is InChI=1S/C5H8O2.C4H5N/c1-4(2)5(6)7-3;1-2-4-5-3-1/h1H2,2-3H3;1-5H. The maximum atomic E-state index is 10.2. The Labute approximate surface area is 72.1 Å². The lowest BCUT2D eigenvalue weighted by atomic mass is 10.4. The van der Waals surface area contributed by atoms with E-state index < -0.39 is 0 Å². The van der Waals surface area contributed by atoms with Gasteiger partial charge in [-0.2, -0.15) is 0 Å². The van der Waals surface area contributed by atoms with E-state index in [-0.39, 0.29) is 5.97 Å². The first-order valence-corrected chi connectivity index (χ1v) is 3.50.